The molecule has 1 saturated heterocycles. The molecule has 2 atom stereocenters. The quantitative estimate of drug-likeness (QED) is 0.836. The highest BCUT2D eigenvalue weighted by molar-refractivity contribution is 5.81. The molecule has 122 valence electrons. The monoisotopic (exact) mass is 303 g/mol. The third-order valence-corrected chi connectivity index (χ3v) is 4.41. The van der Waals surface area contributed by atoms with Crippen LogP contribution in [0.2, 0.25) is 0 Å². The molecule has 3 nitrogen and oxygen atoms in total. The van der Waals surface area contributed by atoms with E-state index in [2.05, 4.69) is 39.8 Å². The van der Waals surface area contributed by atoms with Gasteiger partial charge in [-0.3, -0.25) is 4.79 Å². The van der Waals surface area contributed by atoms with Crippen LogP contribution < -0.4 is 4.74 Å². The Labute approximate surface area is 134 Å². The minimum atomic E-state index is -0.426. The molecule has 0 radical (unpaired) electrons. The lowest BCUT2D eigenvalue weighted by molar-refractivity contribution is -0.139. The molecule has 1 heterocycles. The summed E-state index contributed by atoms with van der Waals surface area (Å²) in [5.41, 5.74) is 2.32. The van der Waals surface area contributed by atoms with Gasteiger partial charge in [-0.15, -0.1) is 0 Å². The third-order valence-electron chi connectivity index (χ3n) is 4.41. The molecule has 0 aromatic heterocycles. The highest BCUT2D eigenvalue weighted by Crippen LogP contribution is 2.28. The van der Waals surface area contributed by atoms with Gasteiger partial charge in [-0.05, 0) is 55.7 Å². The SMILES string of the molecule is Cc1ccc(C(C)C)c(O[C@H](C)C(=O)N2CCC[C@@H](C)C2)c1. The minimum absolute atomic E-state index is 0.114. The van der Waals surface area contributed by atoms with Crippen LogP contribution in [-0.2, 0) is 4.79 Å². The Kier molecular flexibility index (Phi) is 5.49. The van der Waals surface area contributed by atoms with Crippen LogP contribution in [0, 0.1) is 12.8 Å². The van der Waals surface area contributed by atoms with E-state index >= 15 is 0 Å². The number of rotatable bonds is 4. The first kappa shape index (κ1) is 16.9. The summed E-state index contributed by atoms with van der Waals surface area (Å²) in [4.78, 5) is 14.6. The number of likely N-dealkylation sites (tertiary alicyclic amines) is 1. The molecule has 1 aliphatic rings. The lowest BCUT2D eigenvalue weighted by Crippen LogP contribution is -2.45. The Morgan fingerprint density at radius 1 is 1.32 bits per heavy atom. The van der Waals surface area contributed by atoms with E-state index in [1.54, 1.807) is 0 Å². The highest BCUT2D eigenvalue weighted by Gasteiger charge is 2.26. The van der Waals surface area contributed by atoms with Crippen LogP contribution in [0.25, 0.3) is 0 Å². The average molecular weight is 303 g/mol. The molecule has 1 aromatic carbocycles. The Morgan fingerprint density at radius 3 is 2.68 bits per heavy atom. The maximum atomic E-state index is 12.6. The van der Waals surface area contributed by atoms with Gasteiger partial charge in [0.25, 0.3) is 5.91 Å². The van der Waals surface area contributed by atoms with Gasteiger partial charge in [-0.25, -0.2) is 0 Å². The molecule has 0 saturated carbocycles. The zero-order valence-electron chi connectivity index (χ0n) is 14.6. The van der Waals surface area contributed by atoms with Gasteiger partial charge < -0.3 is 9.64 Å². The molecule has 0 aliphatic carbocycles. The molecule has 0 N–H and O–H groups in total. The molecule has 1 aromatic rings. The van der Waals surface area contributed by atoms with Gasteiger partial charge in [0.1, 0.15) is 5.75 Å². The van der Waals surface area contributed by atoms with Crippen molar-refractivity contribution < 1.29 is 9.53 Å². The number of benzene rings is 1. The average Bonchev–Trinajstić information content (AvgIpc) is 2.46. The van der Waals surface area contributed by atoms with Crippen LogP contribution in [0.4, 0.5) is 0 Å². The van der Waals surface area contributed by atoms with E-state index in [0.717, 1.165) is 36.4 Å². The van der Waals surface area contributed by atoms with Crippen molar-refractivity contribution in [1.29, 1.82) is 0 Å². The number of aryl methyl sites for hydroxylation is 1. The van der Waals surface area contributed by atoms with E-state index in [9.17, 15) is 4.79 Å². The molecular formula is C19H29NO2. The number of piperidine rings is 1. The Bertz CT molecular complexity index is 524. The first-order valence-corrected chi connectivity index (χ1v) is 8.44. The standard InChI is InChI=1S/C19H29NO2/c1-13(2)17-9-8-14(3)11-18(17)22-16(5)19(21)20-10-6-7-15(4)12-20/h8-9,11,13,15-16H,6-7,10,12H2,1-5H3/t15-,16-/m1/s1. The fourth-order valence-electron chi connectivity index (χ4n) is 3.11. The second-order valence-electron chi connectivity index (χ2n) is 6.99. The Hall–Kier alpha value is -1.51. The number of amides is 1. The summed E-state index contributed by atoms with van der Waals surface area (Å²) in [5, 5.41) is 0. The molecule has 1 aliphatic heterocycles. The molecule has 1 fully saturated rings. The fourth-order valence-corrected chi connectivity index (χ4v) is 3.11. The number of carbonyl (C=O) groups excluding carboxylic acids is 1. The van der Waals surface area contributed by atoms with Gasteiger partial charge in [-0.2, -0.15) is 0 Å². The summed E-state index contributed by atoms with van der Waals surface area (Å²) in [6, 6.07) is 6.24. The zero-order chi connectivity index (χ0) is 16.3. The van der Waals surface area contributed by atoms with Crippen LogP contribution in [0.3, 0.4) is 0 Å². The normalized spacial score (nSPS) is 20.1. The van der Waals surface area contributed by atoms with Gasteiger partial charge >= 0.3 is 0 Å². The topological polar surface area (TPSA) is 29.5 Å². The molecule has 3 heteroatoms. The van der Waals surface area contributed by atoms with Gasteiger partial charge in [0.05, 0.1) is 0 Å². The first-order chi connectivity index (χ1) is 10.4. The summed E-state index contributed by atoms with van der Waals surface area (Å²) in [5.74, 6) is 1.94. The van der Waals surface area contributed by atoms with Crippen molar-refractivity contribution in [2.45, 2.75) is 59.5 Å². The van der Waals surface area contributed by atoms with Crippen molar-refractivity contribution in [3.05, 3.63) is 29.3 Å². The highest BCUT2D eigenvalue weighted by atomic mass is 16.5. The van der Waals surface area contributed by atoms with Gasteiger partial charge in [0.2, 0.25) is 0 Å². The van der Waals surface area contributed by atoms with E-state index in [1.807, 2.05) is 17.9 Å². The largest absolute Gasteiger partial charge is 0.481 e. The third kappa shape index (κ3) is 4.02. The number of carbonyl (C=O) groups is 1. The van der Waals surface area contributed by atoms with Crippen molar-refractivity contribution >= 4 is 5.91 Å². The summed E-state index contributed by atoms with van der Waals surface area (Å²) in [6.45, 7) is 12.2. The second-order valence-corrected chi connectivity index (χ2v) is 6.99. The van der Waals surface area contributed by atoms with Gasteiger partial charge in [-0.1, -0.05) is 32.9 Å². The Morgan fingerprint density at radius 2 is 2.05 bits per heavy atom. The summed E-state index contributed by atoms with van der Waals surface area (Å²) in [6.07, 6.45) is 1.89. The van der Waals surface area contributed by atoms with Crippen molar-refractivity contribution in [3.8, 4) is 5.75 Å². The molecule has 0 spiro atoms. The van der Waals surface area contributed by atoms with Crippen LogP contribution in [0.5, 0.6) is 5.75 Å². The predicted molar refractivity (Wildman–Crippen MR) is 90.3 cm³/mol. The van der Waals surface area contributed by atoms with Crippen LogP contribution in [0.15, 0.2) is 18.2 Å². The van der Waals surface area contributed by atoms with E-state index in [-0.39, 0.29) is 5.91 Å². The molecule has 22 heavy (non-hydrogen) atoms. The summed E-state index contributed by atoms with van der Waals surface area (Å²) < 4.78 is 6.05. The van der Waals surface area contributed by atoms with Crippen LogP contribution >= 0.6 is 0 Å². The maximum Gasteiger partial charge on any atom is 0.263 e. The lowest BCUT2D eigenvalue weighted by atomic mass is 9.99. The molecular weight excluding hydrogens is 274 g/mol. The van der Waals surface area contributed by atoms with Crippen molar-refractivity contribution in [3.63, 3.8) is 0 Å². The van der Waals surface area contributed by atoms with E-state index < -0.39 is 6.10 Å². The van der Waals surface area contributed by atoms with E-state index in [4.69, 9.17) is 4.74 Å². The van der Waals surface area contributed by atoms with Crippen LogP contribution in [0.1, 0.15) is 57.6 Å². The number of hydrogen-bond donors (Lipinski definition) is 0. The molecule has 0 unspecified atom stereocenters. The van der Waals surface area contributed by atoms with Crippen LogP contribution in [-0.4, -0.2) is 30.0 Å². The molecule has 2 rings (SSSR count). The fraction of sp³-hybridized carbons (Fsp3) is 0.632. The zero-order valence-corrected chi connectivity index (χ0v) is 14.6. The number of hydrogen-bond acceptors (Lipinski definition) is 2. The van der Waals surface area contributed by atoms with Gasteiger partial charge in [0, 0.05) is 13.1 Å². The van der Waals surface area contributed by atoms with Crippen molar-refractivity contribution in [2.24, 2.45) is 5.92 Å². The summed E-state index contributed by atoms with van der Waals surface area (Å²) >= 11 is 0. The van der Waals surface area contributed by atoms with Crippen molar-refractivity contribution in [2.75, 3.05) is 13.1 Å². The van der Waals surface area contributed by atoms with E-state index in [1.165, 1.54) is 6.42 Å². The maximum absolute atomic E-state index is 12.6. The predicted octanol–water partition coefficient (Wildman–Crippen LogP) is 4.14. The number of ether oxygens (including phenoxy) is 1. The second kappa shape index (κ2) is 7.17. The smallest absolute Gasteiger partial charge is 0.263 e. The van der Waals surface area contributed by atoms with E-state index in [0.29, 0.717) is 11.8 Å². The number of nitrogens with zero attached hydrogens (tertiary/aromatic N) is 1. The molecule has 0 bridgehead atoms. The molecule has 1 amide bonds. The lowest BCUT2D eigenvalue weighted by Gasteiger charge is -2.33. The Balaban J connectivity index is 2.09. The van der Waals surface area contributed by atoms with Gasteiger partial charge in [0.15, 0.2) is 6.10 Å². The summed E-state index contributed by atoms with van der Waals surface area (Å²) in [7, 11) is 0. The first-order valence-electron chi connectivity index (χ1n) is 8.44. The van der Waals surface area contributed by atoms with Crippen molar-refractivity contribution in [1.82, 2.24) is 4.90 Å². The minimum Gasteiger partial charge on any atom is -0.481 e.